The number of pyridine rings is 1. The molecule has 26 heavy (non-hydrogen) atoms. The van der Waals surface area contributed by atoms with Crippen molar-refractivity contribution in [1.82, 2.24) is 14.8 Å². The zero-order valence-corrected chi connectivity index (χ0v) is 15.4. The van der Waals surface area contributed by atoms with Gasteiger partial charge in [-0.15, -0.1) is 0 Å². The minimum Gasteiger partial charge on any atom is -0.473 e. The number of rotatable bonds is 4. The normalized spacial score (nSPS) is 11.0. The standard InChI is InChI=1S/C21H18ClN3O/c1-14-20-18(16-8-4-3-5-9-16)12-19(23-21(20)25(2)24-14)26-13-15-7-6-10-17(22)11-15/h3-12H,13H2,1-2H3. The molecule has 0 aliphatic carbocycles. The Kier molecular flexibility index (Phi) is 4.35. The first-order valence-electron chi connectivity index (χ1n) is 8.39. The van der Waals surface area contributed by atoms with E-state index in [0.717, 1.165) is 33.4 Å². The Morgan fingerprint density at radius 1 is 1.04 bits per heavy atom. The van der Waals surface area contributed by atoms with E-state index in [-0.39, 0.29) is 0 Å². The van der Waals surface area contributed by atoms with Crippen LogP contribution in [0.1, 0.15) is 11.3 Å². The molecule has 0 aliphatic rings. The molecule has 4 aromatic rings. The number of hydrogen-bond acceptors (Lipinski definition) is 3. The maximum Gasteiger partial charge on any atom is 0.216 e. The van der Waals surface area contributed by atoms with Crippen LogP contribution in [0.15, 0.2) is 60.7 Å². The average molecular weight is 364 g/mol. The predicted octanol–water partition coefficient (Wildman–Crippen LogP) is 5.18. The van der Waals surface area contributed by atoms with Crippen molar-refractivity contribution < 1.29 is 4.74 Å². The number of benzene rings is 2. The largest absolute Gasteiger partial charge is 0.473 e. The summed E-state index contributed by atoms with van der Waals surface area (Å²) in [6.45, 7) is 2.41. The highest BCUT2D eigenvalue weighted by molar-refractivity contribution is 6.30. The highest BCUT2D eigenvalue weighted by atomic mass is 35.5. The van der Waals surface area contributed by atoms with Gasteiger partial charge in [-0.05, 0) is 35.7 Å². The Bertz CT molecular complexity index is 1070. The van der Waals surface area contributed by atoms with Crippen molar-refractivity contribution in [3.05, 3.63) is 76.9 Å². The molecule has 0 saturated carbocycles. The molecule has 0 N–H and O–H groups in total. The second-order valence-electron chi connectivity index (χ2n) is 6.20. The second-order valence-corrected chi connectivity index (χ2v) is 6.64. The fraction of sp³-hybridized carbons (Fsp3) is 0.143. The molecule has 0 bridgehead atoms. The summed E-state index contributed by atoms with van der Waals surface area (Å²) in [6, 6.07) is 19.9. The smallest absolute Gasteiger partial charge is 0.216 e. The van der Waals surface area contributed by atoms with Crippen LogP contribution in [0.25, 0.3) is 22.2 Å². The Morgan fingerprint density at radius 3 is 2.62 bits per heavy atom. The summed E-state index contributed by atoms with van der Waals surface area (Å²) in [6.07, 6.45) is 0. The quantitative estimate of drug-likeness (QED) is 0.501. The van der Waals surface area contributed by atoms with Crippen LogP contribution in [0.4, 0.5) is 0 Å². The zero-order valence-electron chi connectivity index (χ0n) is 14.6. The van der Waals surface area contributed by atoms with E-state index in [1.54, 1.807) is 4.68 Å². The van der Waals surface area contributed by atoms with Gasteiger partial charge in [0.05, 0.1) is 11.1 Å². The molecular formula is C21H18ClN3O. The summed E-state index contributed by atoms with van der Waals surface area (Å²) in [7, 11) is 1.90. The van der Waals surface area contributed by atoms with Gasteiger partial charge in [-0.25, -0.2) is 0 Å². The average Bonchev–Trinajstić information content (AvgIpc) is 2.94. The Balaban J connectivity index is 1.77. The van der Waals surface area contributed by atoms with Gasteiger partial charge < -0.3 is 4.74 Å². The van der Waals surface area contributed by atoms with E-state index >= 15 is 0 Å². The monoisotopic (exact) mass is 363 g/mol. The van der Waals surface area contributed by atoms with Crippen molar-refractivity contribution in [1.29, 1.82) is 0 Å². The van der Waals surface area contributed by atoms with E-state index in [9.17, 15) is 0 Å². The molecule has 2 aromatic heterocycles. The number of halogens is 1. The number of ether oxygens (including phenoxy) is 1. The van der Waals surface area contributed by atoms with Gasteiger partial charge in [-0.3, -0.25) is 4.68 Å². The summed E-state index contributed by atoms with van der Waals surface area (Å²) < 4.78 is 7.77. The molecule has 2 heterocycles. The van der Waals surface area contributed by atoms with E-state index in [1.165, 1.54) is 0 Å². The lowest BCUT2D eigenvalue weighted by Crippen LogP contribution is -2.00. The molecule has 0 atom stereocenters. The number of aromatic nitrogens is 3. The van der Waals surface area contributed by atoms with Crippen molar-refractivity contribution in [2.75, 3.05) is 0 Å². The first-order chi connectivity index (χ1) is 12.6. The van der Waals surface area contributed by atoms with Crippen LogP contribution in [0, 0.1) is 6.92 Å². The lowest BCUT2D eigenvalue weighted by Gasteiger charge is -2.10. The zero-order chi connectivity index (χ0) is 18.1. The van der Waals surface area contributed by atoms with E-state index in [0.29, 0.717) is 17.5 Å². The van der Waals surface area contributed by atoms with E-state index < -0.39 is 0 Å². The van der Waals surface area contributed by atoms with Gasteiger partial charge in [0.25, 0.3) is 0 Å². The van der Waals surface area contributed by atoms with Crippen LogP contribution in [-0.2, 0) is 13.7 Å². The van der Waals surface area contributed by atoms with Crippen molar-refractivity contribution in [2.45, 2.75) is 13.5 Å². The van der Waals surface area contributed by atoms with Gasteiger partial charge >= 0.3 is 0 Å². The molecule has 4 nitrogen and oxygen atoms in total. The van der Waals surface area contributed by atoms with Crippen molar-refractivity contribution in [3.8, 4) is 17.0 Å². The van der Waals surface area contributed by atoms with Gasteiger partial charge in [0.1, 0.15) is 6.61 Å². The minimum atomic E-state index is 0.407. The van der Waals surface area contributed by atoms with Gasteiger partial charge in [0.15, 0.2) is 5.65 Å². The summed E-state index contributed by atoms with van der Waals surface area (Å²) >= 11 is 6.05. The topological polar surface area (TPSA) is 39.9 Å². The molecule has 0 amide bonds. The molecule has 0 radical (unpaired) electrons. The summed E-state index contributed by atoms with van der Waals surface area (Å²) in [5.41, 5.74) is 4.95. The van der Waals surface area contributed by atoms with Gasteiger partial charge in [-0.2, -0.15) is 10.1 Å². The molecule has 5 heteroatoms. The molecule has 0 saturated heterocycles. The molecule has 130 valence electrons. The Morgan fingerprint density at radius 2 is 1.85 bits per heavy atom. The van der Waals surface area contributed by atoms with Crippen LogP contribution in [0.2, 0.25) is 5.02 Å². The third kappa shape index (κ3) is 3.16. The lowest BCUT2D eigenvalue weighted by atomic mass is 10.0. The van der Waals surface area contributed by atoms with Gasteiger partial charge in [-0.1, -0.05) is 54.1 Å². The van der Waals surface area contributed by atoms with Gasteiger partial charge in [0, 0.05) is 18.1 Å². The Labute approximate surface area is 157 Å². The number of hydrogen-bond donors (Lipinski definition) is 0. The molecule has 0 unspecified atom stereocenters. The van der Waals surface area contributed by atoms with Crippen LogP contribution in [0.3, 0.4) is 0 Å². The first kappa shape index (κ1) is 16.6. The molecular weight excluding hydrogens is 346 g/mol. The van der Waals surface area contributed by atoms with Crippen molar-refractivity contribution >= 4 is 22.6 Å². The molecule has 0 aliphatic heterocycles. The van der Waals surface area contributed by atoms with Crippen LogP contribution < -0.4 is 4.74 Å². The summed E-state index contributed by atoms with van der Waals surface area (Å²) in [5.74, 6) is 0.569. The number of fused-ring (bicyclic) bond motifs is 1. The third-order valence-corrected chi connectivity index (χ3v) is 4.54. The second kappa shape index (κ2) is 6.81. The molecule has 4 rings (SSSR count). The highest BCUT2D eigenvalue weighted by Gasteiger charge is 2.15. The van der Waals surface area contributed by atoms with Crippen molar-refractivity contribution in [3.63, 3.8) is 0 Å². The highest BCUT2D eigenvalue weighted by Crippen LogP contribution is 2.33. The third-order valence-electron chi connectivity index (χ3n) is 4.31. The van der Waals surface area contributed by atoms with E-state index in [2.05, 4.69) is 22.2 Å². The first-order valence-corrected chi connectivity index (χ1v) is 8.76. The maximum atomic E-state index is 6.05. The summed E-state index contributed by atoms with van der Waals surface area (Å²) in [4.78, 5) is 4.66. The van der Waals surface area contributed by atoms with E-state index in [1.807, 2.05) is 62.5 Å². The minimum absolute atomic E-state index is 0.407. The molecule has 0 fully saturated rings. The molecule has 2 aromatic carbocycles. The Hall–Kier alpha value is -2.85. The van der Waals surface area contributed by atoms with Gasteiger partial charge in [0.2, 0.25) is 5.88 Å². The van der Waals surface area contributed by atoms with Crippen molar-refractivity contribution in [2.24, 2.45) is 7.05 Å². The SMILES string of the molecule is Cc1nn(C)c2nc(OCc3cccc(Cl)c3)cc(-c3ccccc3)c12. The van der Waals surface area contributed by atoms with Crippen LogP contribution >= 0.6 is 11.6 Å². The lowest BCUT2D eigenvalue weighted by molar-refractivity contribution is 0.295. The molecule has 0 spiro atoms. The number of aryl methyl sites for hydroxylation is 2. The van der Waals surface area contributed by atoms with Crippen LogP contribution in [-0.4, -0.2) is 14.8 Å². The predicted molar refractivity (Wildman–Crippen MR) is 104 cm³/mol. The summed E-state index contributed by atoms with van der Waals surface area (Å²) in [5, 5.41) is 6.27. The van der Waals surface area contributed by atoms with Crippen LogP contribution in [0.5, 0.6) is 5.88 Å². The fourth-order valence-electron chi connectivity index (χ4n) is 3.13. The fourth-order valence-corrected chi connectivity index (χ4v) is 3.34. The van der Waals surface area contributed by atoms with E-state index in [4.69, 9.17) is 16.3 Å². The number of nitrogens with zero attached hydrogens (tertiary/aromatic N) is 3. The maximum absolute atomic E-state index is 6.05.